The second-order valence-corrected chi connectivity index (χ2v) is 10.4. The Morgan fingerprint density at radius 2 is 2.07 bits per heavy atom. The van der Waals surface area contributed by atoms with E-state index in [1.54, 1.807) is 13.0 Å². The van der Waals surface area contributed by atoms with E-state index in [0.29, 0.717) is 19.3 Å². The number of alkyl halides is 1. The molecule has 0 aromatic rings. The molecule has 0 saturated heterocycles. The monoisotopic (exact) mass is 438 g/mol. The van der Waals surface area contributed by atoms with Gasteiger partial charge in [0.1, 0.15) is 12.2 Å². The van der Waals surface area contributed by atoms with Gasteiger partial charge in [-0.25, -0.2) is 4.39 Å². The molecule has 3 fully saturated rings. The molecule has 0 aromatic heterocycles. The standard InChI is InChI=1S/C23H32FO5P/c1-13-8-17-16-5-4-14-9-15(25)6-7-20(14,2)22(16,24)18(26)10-21(17,3)23(13,28)19(27)11-29-12-30/h6-7,9,13,16-18,26,28H,4-5,8,10-12,30H2,1-3H3/t13-,16+,17+,18+,20+,21+,22+,23+/m1/s1. The number of ketones is 2. The lowest BCUT2D eigenvalue weighted by Crippen LogP contribution is -2.69. The molecule has 0 aliphatic heterocycles. The molecule has 2 N–H and O–H groups in total. The fourth-order valence-electron chi connectivity index (χ4n) is 7.40. The van der Waals surface area contributed by atoms with Crippen molar-refractivity contribution in [3.8, 4) is 0 Å². The first-order chi connectivity index (χ1) is 14.0. The first-order valence-corrected chi connectivity index (χ1v) is 11.6. The number of rotatable bonds is 4. The number of carbonyl (C=O) groups excluding carboxylic acids is 2. The third-order valence-corrected chi connectivity index (χ3v) is 9.23. The maximum absolute atomic E-state index is 17.0. The largest absolute Gasteiger partial charge is 0.390 e. The minimum absolute atomic E-state index is 0.0111. The van der Waals surface area contributed by atoms with Gasteiger partial charge in [0.15, 0.2) is 17.2 Å². The molecule has 0 heterocycles. The van der Waals surface area contributed by atoms with Gasteiger partial charge in [0, 0.05) is 16.7 Å². The van der Waals surface area contributed by atoms with Crippen molar-refractivity contribution in [3.05, 3.63) is 23.8 Å². The second kappa shape index (κ2) is 7.03. The number of aliphatic hydroxyl groups is 2. The molecular weight excluding hydrogens is 406 g/mol. The van der Waals surface area contributed by atoms with Crippen LogP contribution >= 0.6 is 9.24 Å². The Morgan fingerprint density at radius 3 is 2.73 bits per heavy atom. The van der Waals surface area contributed by atoms with Gasteiger partial charge >= 0.3 is 0 Å². The number of fused-ring (bicyclic) bond motifs is 5. The summed E-state index contributed by atoms with van der Waals surface area (Å²) >= 11 is 0. The van der Waals surface area contributed by atoms with Crippen LogP contribution in [0.4, 0.5) is 4.39 Å². The lowest BCUT2D eigenvalue weighted by Gasteiger charge is -2.62. The molecule has 166 valence electrons. The fourth-order valence-corrected chi connectivity index (χ4v) is 7.52. The molecule has 4 aliphatic rings. The van der Waals surface area contributed by atoms with Crippen molar-refractivity contribution in [1.29, 1.82) is 0 Å². The van der Waals surface area contributed by atoms with Gasteiger partial charge in [0.05, 0.1) is 12.5 Å². The van der Waals surface area contributed by atoms with E-state index in [2.05, 4.69) is 9.24 Å². The Kier molecular flexibility index (Phi) is 5.22. The van der Waals surface area contributed by atoms with Crippen molar-refractivity contribution >= 4 is 20.8 Å². The number of hydrogen-bond acceptors (Lipinski definition) is 5. The van der Waals surface area contributed by atoms with E-state index in [1.165, 1.54) is 12.2 Å². The van der Waals surface area contributed by atoms with Crippen LogP contribution in [0.2, 0.25) is 0 Å². The molecule has 3 saturated carbocycles. The Labute approximate surface area is 179 Å². The molecule has 0 aromatic carbocycles. The molecule has 9 atom stereocenters. The Morgan fingerprint density at radius 1 is 1.37 bits per heavy atom. The molecule has 0 radical (unpaired) electrons. The highest BCUT2D eigenvalue weighted by molar-refractivity contribution is 7.16. The SMILES string of the molecule is C[C@@H]1C[C@H]2[C@@H]3CCC4=CC(=O)C=C[C@]4(C)[C@@]3(F)[C@@H](O)C[C@]2(C)[C@@]1(O)C(=O)COCP. The predicted molar refractivity (Wildman–Crippen MR) is 113 cm³/mol. The van der Waals surface area contributed by atoms with E-state index in [0.717, 1.165) is 5.57 Å². The van der Waals surface area contributed by atoms with Crippen molar-refractivity contribution in [2.45, 2.75) is 63.8 Å². The minimum Gasteiger partial charge on any atom is -0.390 e. The lowest BCUT2D eigenvalue weighted by atomic mass is 9.44. The summed E-state index contributed by atoms with van der Waals surface area (Å²) in [6.45, 7) is 5.23. The van der Waals surface area contributed by atoms with Crippen molar-refractivity contribution in [1.82, 2.24) is 0 Å². The van der Waals surface area contributed by atoms with Crippen LogP contribution in [0.3, 0.4) is 0 Å². The van der Waals surface area contributed by atoms with Crippen LogP contribution in [0.5, 0.6) is 0 Å². The van der Waals surface area contributed by atoms with E-state index >= 15 is 4.39 Å². The quantitative estimate of drug-likeness (QED) is 0.660. The van der Waals surface area contributed by atoms with Crippen molar-refractivity contribution in [2.75, 3.05) is 13.0 Å². The number of allylic oxidation sites excluding steroid dienone is 4. The van der Waals surface area contributed by atoms with Crippen LogP contribution in [0.15, 0.2) is 23.8 Å². The predicted octanol–water partition coefficient (Wildman–Crippen LogP) is 2.75. The van der Waals surface area contributed by atoms with Crippen molar-refractivity contribution < 1.29 is 28.9 Å². The van der Waals surface area contributed by atoms with Crippen LogP contribution in [0.25, 0.3) is 0 Å². The topological polar surface area (TPSA) is 83.8 Å². The third-order valence-electron chi connectivity index (χ3n) is 9.00. The van der Waals surface area contributed by atoms with Gasteiger partial charge in [-0.2, -0.15) is 0 Å². The molecule has 0 amide bonds. The van der Waals surface area contributed by atoms with Gasteiger partial charge < -0.3 is 14.9 Å². The fraction of sp³-hybridized carbons (Fsp3) is 0.739. The van der Waals surface area contributed by atoms with E-state index in [9.17, 15) is 19.8 Å². The van der Waals surface area contributed by atoms with Gasteiger partial charge in [0.2, 0.25) is 0 Å². The van der Waals surface area contributed by atoms with Crippen molar-refractivity contribution in [2.24, 2.45) is 28.6 Å². The number of halogens is 1. The van der Waals surface area contributed by atoms with Gasteiger partial charge in [-0.15, -0.1) is 9.24 Å². The molecule has 5 nitrogen and oxygen atoms in total. The lowest BCUT2D eigenvalue weighted by molar-refractivity contribution is -0.219. The van der Waals surface area contributed by atoms with E-state index < -0.39 is 39.9 Å². The Hall–Kier alpha value is -0.940. The Balaban J connectivity index is 1.77. The molecule has 4 rings (SSSR count). The normalized spacial score (nSPS) is 49.8. The van der Waals surface area contributed by atoms with Gasteiger partial charge in [0.25, 0.3) is 0 Å². The maximum atomic E-state index is 17.0. The Bertz CT molecular complexity index is 841. The number of carbonyl (C=O) groups is 2. The molecule has 0 bridgehead atoms. The number of hydrogen-bond donors (Lipinski definition) is 2. The summed E-state index contributed by atoms with van der Waals surface area (Å²) in [5.74, 6) is -1.68. The summed E-state index contributed by atoms with van der Waals surface area (Å²) in [7, 11) is 2.38. The average molecular weight is 438 g/mol. The summed E-state index contributed by atoms with van der Waals surface area (Å²) in [6, 6.07) is 0. The summed E-state index contributed by atoms with van der Waals surface area (Å²) in [4.78, 5) is 24.9. The van der Waals surface area contributed by atoms with Crippen LogP contribution in [-0.2, 0) is 14.3 Å². The highest BCUT2D eigenvalue weighted by Gasteiger charge is 2.75. The van der Waals surface area contributed by atoms with E-state index in [-0.39, 0.29) is 37.0 Å². The van der Waals surface area contributed by atoms with E-state index in [4.69, 9.17) is 4.74 Å². The van der Waals surface area contributed by atoms with Gasteiger partial charge in [-0.3, -0.25) is 9.59 Å². The summed E-state index contributed by atoms with van der Waals surface area (Å²) < 4.78 is 22.3. The zero-order chi connectivity index (χ0) is 22.1. The first kappa shape index (κ1) is 22.3. The number of ether oxygens (including phenoxy) is 1. The number of aliphatic hydroxyl groups excluding tert-OH is 1. The second-order valence-electron chi connectivity index (χ2n) is 10.1. The summed E-state index contributed by atoms with van der Waals surface area (Å²) in [5.41, 5.74) is -4.92. The molecule has 1 unspecified atom stereocenters. The molecular formula is C23H32FO5P. The van der Waals surface area contributed by atoms with Crippen LogP contribution in [0, 0.1) is 28.6 Å². The first-order valence-electron chi connectivity index (χ1n) is 10.8. The van der Waals surface area contributed by atoms with Crippen LogP contribution < -0.4 is 0 Å². The van der Waals surface area contributed by atoms with Crippen LogP contribution in [0.1, 0.15) is 46.5 Å². The highest BCUT2D eigenvalue weighted by atomic mass is 31.0. The smallest absolute Gasteiger partial charge is 0.190 e. The summed E-state index contributed by atoms with van der Waals surface area (Å²) in [5, 5.41) is 22.9. The minimum atomic E-state index is -1.96. The van der Waals surface area contributed by atoms with Gasteiger partial charge in [-0.05, 0) is 56.6 Å². The molecule has 30 heavy (non-hydrogen) atoms. The molecule has 0 spiro atoms. The van der Waals surface area contributed by atoms with Crippen molar-refractivity contribution in [3.63, 3.8) is 0 Å². The highest BCUT2D eigenvalue weighted by Crippen LogP contribution is 2.70. The zero-order valence-electron chi connectivity index (χ0n) is 17.9. The zero-order valence-corrected chi connectivity index (χ0v) is 19.0. The van der Waals surface area contributed by atoms with Gasteiger partial charge in [-0.1, -0.05) is 25.5 Å². The van der Waals surface area contributed by atoms with E-state index in [1.807, 2.05) is 13.8 Å². The van der Waals surface area contributed by atoms with Crippen LogP contribution in [-0.4, -0.2) is 52.1 Å². The summed E-state index contributed by atoms with van der Waals surface area (Å²) in [6.07, 6.45) is 5.00. The number of Topliss-reactive ketones (excluding diaryl/α,β-unsaturated/α-hetero) is 1. The average Bonchev–Trinajstić information content (AvgIpc) is 2.89. The molecule has 7 heteroatoms. The third kappa shape index (κ3) is 2.54. The maximum Gasteiger partial charge on any atom is 0.190 e. The molecule has 4 aliphatic carbocycles.